The summed E-state index contributed by atoms with van der Waals surface area (Å²) in [6.45, 7) is 7.26. The van der Waals surface area contributed by atoms with Crippen LogP contribution in [0.15, 0.2) is 78.9 Å². The topological polar surface area (TPSA) is 54.0 Å². The van der Waals surface area contributed by atoms with Crippen molar-refractivity contribution in [1.82, 2.24) is 10.2 Å². The van der Waals surface area contributed by atoms with Crippen LogP contribution in [0.1, 0.15) is 18.1 Å². The Hall–Kier alpha value is -3.51. The number of carbonyl (C=O) groups is 1. The smallest absolute Gasteiger partial charge is 0.265 e. The predicted octanol–water partition coefficient (Wildman–Crippen LogP) is 3.85. The number of amides is 1. The monoisotopic (exact) mass is 457 g/mol. The average Bonchev–Trinajstić information content (AvgIpc) is 2.88. The number of para-hydroxylation sites is 3. The Labute approximate surface area is 201 Å². The number of carbonyl (C=O) groups excluding carboxylic acids is 1. The molecule has 2 heterocycles. The summed E-state index contributed by atoms with van der Waals surface area (Å²) in [4.78, 5) is 17.9. The standard InChI is InChI=1S/C28H31N3O3/c1-21-27(34-26-14-8-7-13-25(26)33-21)28(32)29-19-22-9-5-6-10-23(22)20-30-15-17-31(18-16-30)24-11-3-2-4-12-24/h2-14,21,27H,15-20H2,1H3,(H,29,32). The van der Waals surface area contributed by atoms with Gasteiger partial charge in [0.05, 0.1) is 0 Å². The third-order valence-electron chi connectivity index (χ3n) is 6.56. The summed E-state index contributed by atoms with van der Waals surface area (Å²) in [6, 6.07) is 26.4. The minimum atomic E-state index is -0.673. The van der Waals surface area contributed by atoms with Crippen LogP contribution in [0.3, 0.4) is 0 Å². The number of ether oxygens (including phenoxy) is 2. The molecule has 0 saturated carbocycles. The van der Waals surface area contributed by atoms with E-state index in [1.807, 2.05) is 37.3 Å². The number of anilines is 1. The van der Waals surface area contributed by atoms with Gasteiger partial charge in [-0.2, -0.15) is 0 Å². The van der Waals surface area contributed by atoms with Crippen molar-refractivity contribution in [2.75, 3.05) is 31.1 Å². The van der Waals surface area contributed by atoms with Gasteiger partial charge >= 0.3 is 0 Å². The first-order valence-corrected chi connectivity index (χ1v) is 12.0. The molecule has 2 aliphatic heterocycles. The Morgan fingerprint density at radius 3 is 2.18 bits per heavy atom. The van der Waals surface area contributed by atoms with Gasteiger partial charge in [0.15, 0.2) is 11.5 Å². The molecular weight excluding hydrogens is 426 g/mol. The normalized spacial score (nSPS) is 20.1. The zero-order chi connectivity index (χ0) is 23.3. The minimum absolute atomic E-state index is 0.159. The molecular formula is C28H31N3O3. The Morgan fingerprint density at radius 1 is 0.824 bits per heavy atom. The second kappa shape index (κ2) is 10.2. The molecule has 0 spiro atoms. The van der Waals surface area contributed by atoms with Gasteiger partial charge in [-0.05, 0) is 42.3 Å². The number of hydrogen-bond donors (Lipinski definition) is 1. The summed E-state index contributed by atoms with van der Waals surface area (Å²) >= 11 is 0. The highest BCUT2D eigenvalue weighted by Crippen LogP contribution is 2.33. The molecule has 2 aliphatic rings. The van der Waals surface area contributed by atoms with Crippen LogP contribution < -0.4 is 19.7 Å². The highest BCUT2D eigenvalue weighted by Gasteiger charge is 2.33. The van der Waals surface area contributed by atoms with E-state index in [-0.39, 0.29) is 12.0 Å². The molecule has 3 aromatic rings. The van der Waals surface area contributed by atoms with Crippen molar-refractivity contribution >= 4 is 11.6 Å². The third kappa shape index (κ3) is 5.02. The maximum absolute atomic E-state index is 12.9. The number of piperazine rings is 1. The van der Waals surface area contributed by atoms with Crippen molar-refractivity contribution in [3.63, 3.8) is 0 Å². The highest BCUT2D eigenvalue weighted by molar-refractivity contribution is 5.82. The van der Waals surface area contributed by atoms with Crippen LogP contribution >= 0.6 is 0 Å². The average molecular weight is 458 g/mol. The van der Waals surface area contributed by atoms with Crippen LogP contribution in [0.25, 0.3) is 0 Å². The van der Waals surface area contributed by atoms with Crippen LogP contribution in [0.5, 0.6) is 11.5 Å². The third-order valence-corrected chi connectivity index (χ3v) is 6.56. The maximum Gasteiger partial charge on any atom is 0.265 e. The van der Waals surface area contributed by atoms with Crippen molar-refractivity contribution < 1.29 is 14.3 Å². The van der Waals surface area contributed by atoms with Crippen LogP contribution in [-0.2, 0) is 17.9 Å². The molecule has 3 aromatic carbocycles. The second-order valence-electron chi connectivity index (χ2n) is 8.89. The Bertz CT molecular complexity index is 1110. The zero-order valence-corrected chi connectivity index (χ0v) is 19.5. The Kier molecular flexibility index (Phi) is 6.67. The van der Waals surface area contributed by atoms with Crippen molar-refractivity contribution in [3.8, 4) is 11.5 Å². The molecule has 2 unspecified atom stereocenters. The van der Waals surface area contributed by atoms with Crippen LogP contribution in [0.2, 0.25) is 0 Å². The first-order chi connectivity index (χ1) is 16.7. The van der Waals surface area contributed by atoms with Crippen molar-refractivity contribution in [3.05, 3.63) is 90.0 Å². The van der Waals surface area contributed by atoms with Crippen LogP contribution in [0.4, 0.5) is 5.69 Å². The molecule has 1 N–H and O–H groups in total. The first kappa shape index (κ1) is 22.3. The Balaban J connectivity index is 1.17. The number of hydrogen-bond acceptors (Lipinski definition) is 5. The number of rotatable bonds is 6. The van der Waals surface area contributed by atoms with Gasteiger partial charge in [0, 0.05) is 45.0 Å². The van der Waals surface area contributed by atoms with Gasteiger partial charge in [-0.3, -0.25) is 9.69 Å². The summed E-state index contributed by atoms with van der Waals surface area (Å²) in [7, 11) is 0. The fourth-order valence-electron chi connectivity index (χ4n) is 4.62. The van der Waals surface area contributed by atoms with E-state index < -0.39 is 6.10 Å². The van der Waals surface area contributed by atoms with Crippen molar-refractivity contribution in [2.45, 2.75) is 32.2 Å². The summed E-state index contributed by atoms with van der Waals surface area (Å²) in [5, 5.41) is 3.07. The molecule has 2 atom stereocenters. The summed E-state index contributed by atoms with van der Waals surface area (Å²) in [5.74, 6) is 1.13. The van der Waals surface area contributed by atoms with Gasteiger partial charge in [0.1, 0.15) is 6.10 Å². The minimum Gasteiger partial charge on any atom is -0.482 e. The highest BCUT2D eigenvalue weighted by atomic mass is 16.6. The van der Waals surface area contributed by atoms with E-state index >= 15 is 0 Å². The molecule has 0 aromatic heterocycles. The van der Waals surface area contributed by atoms with Crippen LogP contribution in [0, 0.1) is 0 Å². The molecule has 6 nitrogen and oxygen atoms in total. The van der Waals surface area contributed by atoms with Gasteiger partial charge in [-0.15, -0.1) is 0 Å². The van der Waals surface area contributed by atoms with Gasteiger partial charge in [0.2, 0.25) is 6.10 Å². The Morgan fingerprint density at radius 2 is 1.44 bits per heavy atom. The lowest BCUT2D eigenvalue weighted by Crippen LogP contribution is -2.49. The predicted molar refractivity (Wildman–Crippen MR) is 133 cm³/mol. The number of nitrogens with one attached hydrogen (secondary N) is 1. The van der Waals surface area contributed by atoms with Crippen molar-refractivity contribution in [1.29, 1.82) is 0 Å². The van der Waals surface area contributed by atoms with E-state index in [0.29, 0.717) is 18.0 Å². The quantitative estimate of drug-likeness (QED) is 0.609. The van der Waals surface area contributed by atoms with Gasteiger partial charge < -0.3 is 19.7 Å². The van der Waals surface area contributed by atoms with E-state index in [4.69, 9.17) is 9.47 Å². The molecule has 1 saturated heterocycles. The van der Waals surface area contributed by atoms with E-state index in [9.17, 15) is 4.79 Å². The summed E-state index contributed by atoms with van der Waals surface area (Å²) < 4.78 is 11.8. The molecule has 1 fully saturated rings. The van der Waals surface area contributed by atoms with E-state index in [1.54, 1.807) is 0 Å². The van der Waals surface area contributed by atoms with E-state index in [0.717, 1.165) is 38.3 Å². The fraction of sp³-hybridized carbons (Fsp3) is 0.321. The number of nitrogens with zero attached hydrogens (tertiary/aromatic N) is 2. The van der Waals surface area contributed by atoms with Gasteiger partial charge in [-0.1, -0.05) is 54.6 Å². The van der Waals surface area contributed by atoms with Gasteiger partial charge in [0.25, 0.3) is 5.91 Å². The molecule has 6 heteroatoms. The fourth-order valence-corrected chi connectivity index (χ4v) is 4.62. The molecule has 0 radical (unpaired) electrons. The molecule has 0 aliphatic carbocycles. The molecule has 34 heavy (non-hydrogen) atoms. The lowest BCUT2D eigenvalue weighted by molar-refractivity contribution is -0.133. The zero-order valence-electron chi connectivity index (χ0n) is 19.5. The van der Waals surface area contributed by atoms with Gasteiger partial charge in [-0.25, -0.2) is 0 Å². The largest absolute Gasteiger partial charge is 0.482 e. The molecule has 5 rings (SSSR count). The van der Waals surface area contributed by atoms with Crippen molar-refractivity contribution in [2.24, 2.45) is 0 Å². The molecule has 1 amide bonds. The van der Waals surface area contributed by atoms with E-state index in [2.05, 4.69) is 63.6 Å². The maximum atomic E-state index is 12.9. The molecule has 176 valence electrons. The SMILES string of the molecule is CC1Oc2ccccc2OC1C(=O)NCc1ccccc1CN1CCN(c2ccccc2)CC1. The summed E-state index contributed by atoms with van der Waals surface area (Å²) in [5.41, 5.74) is 3.66. The van der Waals surface area contributed by atoms with E-state index in [1.165, 1.54) is 11.3 Å². The first-order valence-electron chi connectivity index (χ1n) is 12.0. The summed E-state index contributed by atoms with van der Waals surface area (Å²) in [6.07, 6.45) is -1.03. The lowest BCUT2D eigenvalue weighted by atomic mass is 10.1. The number of benzene rings is 3. The lowest BCUT2D eigenvalue weighted by Gasteiger charge is -2.36. The second-order valence-corrected chi connectivity index (χ2v) is 8.89. The molecule has 0 bridgehead atoms. The van der Waals surface area contributed by atoms with Crippen LogP contribution in [-0.4, -0.2) is 49.2 Å². The number of fused-ring (bicyclic) bond motifs is 1.